The predicted molar refractivity (Wildman–Crippen MR) is 47.4 cm³/mol. The highest BCUT2D eigenvalue weighted by atomic mass is 16.2. The zero-order valence-electron chi connectivity index (χ0n) is 7.60. The molecule has 1 aliphatic carbocycles. The molecule has 0 radical (unpaired) electrons. The summed E-state index contributed by atoms with van der Waals surface area (Å²) in [6.45, 7) is 6.63. The summed E-state index contributed by atoms with van der Waals surface area (Å²) in [5.41, 5.74) is 0.975. The second-order valence-corrected chi connectivity index (χ2v) is 4.08. The van der Waals surface area contributed by atoms with Crippen LogP contribution in [0.3, 0.4) is 0 Å². The number of piperidine rings is 1. The van der Waals surface area contributed by atoms with Gasteiger partial charge in [-0.3, -0.25) is 4.79 Å². The van der Waals surface area contributed by atoms with Crippen molar-refractivity contribution >= 4 is 5.91 Å². The Balaban J connectivity index is 2.16. The Morgan fingerprint density at radius 3 is 2.67 bits per heavy atom. The molecule has 2 rings (SSSR count). The Kier molecular flexibility index (Phi) is 1.53. The molecule has 2 nitrogen and oxygen atoms in total. The van der Waals surface area contributed by atoms with Gasteiger partial charge in [0.25, 0.3) is 0 Å². The van der Waals surface area contributed by atoms with Crippen LogP contribution >= 0.6 is 0 Å². The van der Waals surface area contributed by atoms with E-state index in [9.17, 15) is 4.79 Å². The lowest BCUT2D eigenvalue weighted by molar-refractivity contribution is -0.137. The molecule has 2 fully saturated rings. The lowest BCUT2D eigenvalue weighted by Crippen LogP contribution is -2.40. The lowest BCUT2D eigenvalue weighted by atomic mass is 9.94. The molecule has 1 saturated heterocycles. The fourth-order valence-electron chi connectivity index (χ4n) is 2.05. The molecule has 1 amide bonds. The van der Waals surface area contributed by atoms with Gasteiger partial charge in [0.05, 0.1) is 0 Å². The fraction of sp³-hybridized carbons (Fsp3) is 0.700. The first-order valence-corrected chi connectivity index (χ1v) is 4.63. The molecule has 1 saturated carbocycles. The second kappa shape index (κ2) is 2.35. The number of likely N-dealkylation sites (tertiary alicyclic amines) is 1. The van der Waals surface area contributed by atoms with E-state index < -0.39 is 0 Å². The number of allylic oxidation sites excluding steroid dienone is 1. The van der Waals surface area contributed by atoms with E-state index in [2.05, 4.69) is 6.58 Å². The van der Waals surface area contributed by atoms with E-state index in [1.807, 2.05) is 11.8 Å². The van der Waals surface area contributed by atoms with Crippen LogP contribution < -0.4 is 0 Å². The van der Waals surface area contributed by atoms with Gasteiger partial charge in [-0.15, -0.1) is 0 Å². The van der Waals surface area contributed by atoms with E-state index in [0.717, 1.165) is 37.9 Å². The molecule has 12 heavy (non-hydrogen) atoms. The first-order chi connectivity index (χ1) is 5.66. The molecule has 1 spiro atoms. The van der Waals surface area contributed by atoms with E-state index in [1.54, 1.807) is 0 Å². The van der Waals surface area contributed by atoms with Crippen LogP contribution in [0.1, 0.15) is 32.6 Å². The maximum absolute atomic E-state index is 11.8. The smallest absolute Gasteiger partial charge is 0.232 e. The molecule has 0 aromatic rings. The minimum atomic E-state index is 0.0667. The number of rotatable bonds is 1. The summed E-state index contributed by atoms with van der Waals surface area (Å²) in [6, 6.07) is 0. The van der Waals surface area contributed by atoms with Crippen LogP contribution in [-0.4, -0.2) is 17.4 Å². The third-order valence-electron chi connectivity index (χ3n) is 3.05. The summed E-state index contributed by atoms with van der Waals surface area (Å²) < 4.78 is 0. The maximum Gasteiger partial charge on any atom is 0.232 e. The maximum atomic E-state index is 11.8. The first kappa shape index (κ1) is 7.84. The number of carbonyl (C=O) groups excluding carboxylic acids is 1. The van der Waals surface area contributed by atoms with Crippen molar-refractivity contribution in [1.82, 2.24) is 4.90 Å². The first-order valence-electron chi connectivity index (χ1n) is 4.63. The van der Waals surface area contributed by atoms with Gasteiger partial charge in [-0.2, -0.15) is 0 Å². The summed E-state index contributed by atoms with van der Waals surface area (Å²) in [7, 11) is 0. The monoisotopic (exact) mass is 165 g/mol. The van der Waals surface area contributed by atoms with Gasteiger partial charge >= 0.3 is 0 Å². The van der Waals surface area contributed by atoms with Gasteiger partial charge in [-0.1, -0.05) is 6.58 Å². The normalized spacial score (nSPS) is 26.1. The van der Waals surface area contributed by atoms with Crippen LogP contribution in [0.2, 0.25) is 0 Å². The summed E-state index contributed by atoms with van der Waals surface area (Å²) in [5, 5.41) is 0. The largest absolute Gasteiger partial charge is 0.317 e. The average molecular weight is 165 g/mol. The molecule has 0 bridgehead atoms. The Labute approximate surface area is 73.2 Å². The van der Waals surface area contributed by atoms with E-state index >= 15 is 0 Å². The zero-order chi connectivity index (χ0) is 8.77. The van der Waals surface area contributed by atoms with Crippen molar-refractivity contribution in [2.45, 2.75) is 32.6 Å². The minimum Gasteiger partial charge on any atom is -0.317 e. The van der Waals surface area contributed by atoms with Crippen molar-refractivity contribution in [2.75, 3.05) is 6.54 Å². The highest BCUT2D eigenvalue weighted by Gasteiger charge is 2.53. The summed E-state index contributed by atoms with van der Waals surface area (Å²) in [6.07, 6.45) is 4.47. The van der Waals surface area contributed by atoms with E-state index in [-0.39, 0.29) is 5.41 Å². The molecule has 0 N–H and O–H groups in total. The van der Waals surface area contributed by atoms with Crippen LogP contribution in [-0.2, 0) is 4.79 Å². The second-order valence-electron chi connectivity index (χ2n) is 4.08. The molecule has 1 heterocycles. The Morgan fingerprint density at radius 2 is 2.17 bits per heavy atom. The van der Waals surface area contributed by atoms with Gasteiger partial charge in [0.1, 0.15) is 0 Å². The van der Waals surface area contributed by atoms with Gasteiger partial charge < -0.3 is 4.90 Å². The van der Waals surface area contributed by atoms with Crippen LogP contribution in [0, 0.1) is 5.41 Å². The Bertz CT molecular complexity index is 240. The predicted octanol–water partition coefficient (Wildman–Crippen LogP) is 1.92. The topological polar surface area (TPSA) is 20.3 Å². The molecule has 1 aliphatic heterocycles. The van der Waals surface area contributed by atoms with E-state index in [0.29, 0.717) is 5.91 Å². The summed E-state index contributed by atoms with van der Waals surface area (Å²) in [4.78, 5) is 13.7. The molecule has 0 unspecified atom stereocenters. The van der Waals surface area contributed by atoms with Crippen LogP contribution in [0.4, 0.5) is 0 Å². The number of amides is 1. The van der Waals surface area contributed by atoms with E-state index in [1.165, 1.54) is 0 Å². The number of nitrogens with zero attached hydrogens (tertiary/aromatic N) is 1. The van der Waals surface area contributed by atoms with Crippen molar-refractivity contribution in [1.29, 1.82) is 0 Å². The molecule has 2 aliphatic rings. The van der Waals surface area contributed by atoms with Crippen molar-refractivity contribution < 1.29 is 4.79 Å². The van der Waals surface area contributed by atoms with Gasteiger partial charge in [-0.25, -0.2) is 0 Å². The van der Waals surface area contributed by atoms with Crippen LogP contribution in [0.15, 0.2) is 12.3 Å². The Hall–Kier alpha value is -0.790. The van der Waals surface area contributed by atoms with E-state index in [4.69, 9.17) is 0 Å². The summed E-state index contributed by atoms with van der Waals surface area (Å²) in [5.74, 6) is 0.334. The quantitative estimate of drug-likeness (QED) is 0.581. The van der Waals surface area contributed by atoms with Crippen LogP contribution in [0.25, 0.3) is 0 Å². The molecule has 0 aromatic carbocycles. The van der Waals surface area contributed by atoms with Gasteiger partial charge in [0, 0.05) is 17.7 Å². The SMILES string of the molecule is C=C(C)N1CCCC2(CC2)C1=O. The number of hydrogen-bond acceptors (Lipinski definition) is 1. The molecule has 0 atom stereocenters. The third-order valence-corrected chi connectivity index (χ3v) is 3.05. The minimum absolute atomic E-state index is 0.0667. The van der Waals surface area contributed by atoms with Crippen molar-refractivity contribution in [3.63, 3.8) is 0 Å². The van der Waals surface area contributed by atoms with Crippen molar-refractivity contribution in [3.8, 4) is 0 Å². The average Bonchev–Trinajstić information content (AvgIpc) is 2.76. The highest BCUT2D eigenvalue weighted by molar-refractivity contribution is 5.87. The number of hydrogen-bond donors (Lipinski definition) is 0. The van der Waals surface area contributed by atoms with Crippen LogP contribution in [0.5, 0.6) is 0 Å². The molecular weight excluding hydrogens is 150 g/mol. The fourth-order valence-corrected chi connectivity index (χ4v) is 2.05. The van der Waals surface area contributed by atoms with Crippen molar-refractivity contribution in [3.05, 3.63) is 12.3 Å². The molecule has 66 valence electrons. The van der Waals surface area contributed by atoms with Gasteiger partial charge in [-0.05, 0) is 32.6 Å². The summed E-state index contributed by atoms with van der Waals surface area (Å²) >= 11 is 0. The van der Waals surface area contributed by atoms with Gasteiger partial charge in [0.15, 0.2) is 0 Å². The highest BCUT2D eigenvalue weighted by Crippen LogP contribution is 2.53. The number of carbonyl (C=O) groups is 1. The standard InChI is InChI=1S/C10H15NO/c1-8(2)11-7-3-4-10(5-6-10)9(11)12/h1,3-7H2,2H3. The lowest BCUT2D eigenvalue weighted by Gasteiger charge is -2.32. The van der Waals surface area contributed by atoms with Crippen molar-refractivity contribution in [2.24, 2.45) is 5.41 Å². The molecule has 0 aromatic heterocycles. The molecular formula is C10H15NO. The third kappa shape index (κ3) is 0.977. The Morgan fingerprint density at radius 1 is 1.50 bits per heavy atom. The zero-order valence-corrected chi connectivity index (χ0v) is 7.60. The molecule has 2 heteroatoms. The van der Waals surface area contributed by atoms with Gasteiger partial charge in [0.2, 0.25) is 5.91 Å².